The Balaban J connectivity index is 1.74. The molecule has 1 atom stereocenters. The minimum Gasteiger partial charge on any atom is -0.399 e. The van der Waals surface area contributed by atoms with Crippen LogP contribution in [0.3, 0.4) is 0 Å². The van der Waals surface area contributed by atoms with Gasteiger partial charge in [0.1, 0.15) is 0 Å². The molecule has 1 aliphatic rings. The summed E-state index contributed by atoms with van der Waals surface area (Å²) in [7, 11) is 1.65. The molecule has 1 aliphatic heterocycles. The van der Waals surface area contributed by atoms with Crippen LogP contribution in [-0.4, -0.2) is 74.1 Å². The Labute approximate surface area is 155 Å². The molecule has 0 aliphatic carbocycles. The number of ether oxygens (including phenoxy) is 1. The zero-order valence-corrected chi connectivity index (χ0v) is 15.7. The van der Waals surface area contributed by atoms with Crippen molar-refractivity contribution in [3.63, 3.8) is 0 Å². The van der Waals surface area contributed by atoms with Crippen LogP contribution in [0.1, 0.15) is 18.9 Å². The number of rotatable bonds is 8. The second-order valence-electron chi connectivity index (χ2n) is 6.65. The molecule has 1 saturated heterocycles. The monoisotopic (exact) mass is 362 g/mol. The molecule has 0 saturated carbocycles. The summed E-state index contributed by atoms with van der Waals surface area (Å²) in [5.74, 6) is 0.147. The highest BCUT2D eigenvalue weighted by atomic mass is 16.5. The van der Waals surface area contributed by atoms with E-state index >= 15 is 0 Å². The van der Waals surface area contributed by atoms with Crippen LogP contribution in [0, 0.1) is 0 Å². The first-order valence-electron chi connectivity index (χ1n) is 9.14. The van der Waals surface area contributed by atoms with Gasteiger partial charge in [0.2, 0.25) is 11.8 Å². The lowest BCUT2D eigenvalue weighted by Gasteiger charge is -2.37. The molecule has 2 rings (SSSR count). The predicted octanol–water partition coefficient (Wildman–Crippen LogP) is 0.497. The number of carbonyl (C=O) groups is 2. The fourth-order valence-corrected chi connectivity index (χ4v) is 3.02. The van der Waals surface area contributed by atoms with Crippen LogP contribution >= 0.6 is 0 Å². The molecule has 7 nitrogen and oxygen atoms in total. The maximum Gasteiger partial charge on any atom is 0.237 e. The molecule has 0 bridgehead atoms. The smallest absolute Gasteiger partial charge is 0.237 e. The highest BCUT2D eigenvalue weighted by molar-refractivity contribution is 5.81. The first-order chi connectivity index (χ1) is 12.5. The van der Waals surface area contributed by atoms with Crippen LogP contribution in [-0.2, 0) is 20.7 Å². The summed E-state index contributed by atoms with van der Waals surface area (Å²) in [6.07, 6.45) is 1.19. The van der Waals surface area contributed by atoms with Crippen molar-refractivity contribution >= 4 is 17.5 Å². The van der Waals surface area contributed by atoms with Gasteiger partial charge in [-0.3, -0.25) is 14.5 Å². The molecular weight excluding hydrogens is 332 g/mol. The third kappa shape index (κ3) is 6.00. The number of carbonyl (C=O) groups excluding carboxylic acids is 2. The number of nitrogen functional groups attached to an aromatic ring is 1. The summed E-state index contributed by atoms with van der Waals surface area (Å²) in [6, 6.07) is 7.21. The maximum absolute atomic E-state index is 12.5. The highest BCUT2D eigenvalue weighted by Gasteiger charge is 2.27. The summed E-state index contributed by atoms with van der Waals surface area (Å²) >= 11 is 0. The van der Waals surface area contributed by atoms with Gasteiger partial charge in [0.25, 0.3) is 0 Å². The van der Waals surface area contributed by atoms with Gasteiger partial charge in [0, 0.05) is 52.1 Å². The Bertz CT molecular complexity index is 583. The summed E-state index contributed by atoms with van der Waals surface area (Å²) in [5.41, 5.74) is 7.34. The van der Waals surface area contributed by atoms with Gasteiger partial charge in [0.15, 0.2) is 0 Å². The summed E-state index contributed by atoms with van der Waals surface area (Å²) < 4.78 is 4.98. The molecule has 1 heterocycles. The minimum absolute atomic E-state index is 0.0303. The van der Waals surface area contributed by atoms with Crippen LogP contribution in [0.2, 0.25) is 0 Å². The van der Waals surface area contributed by atoms with Gasteiger partial charge in [-0.25, -0.2) is 0 Å². The number of benzene rings is 1. The number of anilines is 1. The van der Waals surface area contributed by atoms with Crippen molar-refractivity contribution in [2.24, 2.45) is 0 Å². The molecule has 1 fully saturated rings. The van der Waals surface area contributed by atoms with E-state index in [2.05, 4.69) is 10.2 Å². The van der Waals surface area contributed by atoms with Crippen molar-refractivity contribution in [2.75, 3.05) is 52.2 Å². The van der Waals surface area contributed by atoms with Crippen molar-refractivity contribution in [1.82, 2.24) is 15.1 Å². The van der Waals surface area contributed by atoms with Crippen molar-refractivity contribution in [3.8, 4) is 0 Å². The Kier molecular flexibility index (Phi) is 7.87. The van der Waals surface area contributed by atoms with Crippen molar-refractivity contribution in [1.29, 1.82) is 0 Å². The Morgan fingerprint density at radius 2 is 1.85 bits per heavy atom. The number of nitrogens with two attached hydrogens (primary N) is 1. The predicted molar refractivity (Wildman–Crippen MR) is 102 cm³/mol. The number of nitrogens with one attached hydrogen (secondary N) is 1. The zero-order chi connectivity index (χ0) is 18.9. The molecule has 0 radical (unpaired) electrons. The number of hydrogen-bond acceptors (Lipinski definition) is 5. The topological polar surface area (TPSA) is 87.9 Å². The van der Waals surface area contributed by atoms with E-state index in [1.165, 1.54) is 0 Å². The van der Waals surface area contributed by atoms with Crippen LogP contribution in [0.15, 0.2) is 24.3 Å². The second kappa shape index (κ2) is 10.1. The Morgan fingerprint density at radius 3 is 2.46 bits per heavy atom. The van der Waals surface area contributed by atoms with Gasteiger partial charge >= 0.3 is 0 Å². The first kappa shape index (κ1) is 20.2. The zero-order valence-electron chi connectivity index (χ0n) is 15.7. The summed E-state index contributed by atoms with van der Waals surface area (Å²) in [5, 5.41) is 2.93. The van der Waals surface area contributed by atoms with Crippen LogP contribution < -0.4 is 11.1 Å². The van der Waals surface area contributed by atoms with E-state index in [4.69, 9.17) is 10.5 Å². The second-order valence-corrected chi connectivity index (χ2v) is 6.65. The van der Waals surface area contributed by atoms with Crippen LogP contribution in [0.5, 0.6) is 0 Å². The highest BCUT2D eigenvalue weighted by Crippen LogP contribution is 2.11. The fraction of sp³-hybridized carbons (Fsp3) is 0.579. The molecular formula is C19H30N4O3. The molecule has 1 unspecified atom stereocenters. The molecule has 0 spiro atoms. The van der Waals surface area contributed by atoms with Gasteiger partial charge in [-0.15, -0.1) is 0 Å². The Morgan fingerprint density at radius 1 is 1.19 bits per heavy atom. The molecule has 0 aromatic heterocycles. The van der Waals surface area contributed by atoms with Crippen LogP contribution in [0.4, 0.5) is 5.69 Å². The molecule has 26 heavy (non-hydrogen) atoms. The van der Waals surface area contributed by atoms with E-state index < -0.39 is 0 Å². The van der Waals surface area contributed by atoms with Crippen molar-refractivity contribution < 1.29 is 14.3 Å². The van der Waals surface area contributed by atoms with E-state index in [9.17, 15) is 9.59 Å². The average Bonchev–Trinajstić information content (AvgIpc) is 2.66. The van der Waals surface area contributed by atoms with Gasteiger partial charge in [-0.2, -0.15) is 0 Å². The van der Waals surface area contributed by atoms with Gasteiger partial charge in [-0.05, 0) is 31.0 Å². The lowest BCUT2D eigenvalue weighted by atomic mass is 10.1. The largest absolute Gasteiger partial charge is 0.399 e. The van der Waals surface area contributed by atoms with E-state index in [1.807, 2.05) is 36.1 Å². The van der Waals surface area contributed by atoms with Crippen LogP contribution in [0.25, 0.3) is 0 Å². The number of nitrogens with zero attached hydrogens (tertiary/aromatic N) is 2. The van der Waals surface area contributed by atoms with Crippen molar-refractivity contribution in [2.45, 2.75) is 25.8 Å². The van der Waals surface area contributed by atoms with Gasteiger partial charge < -0.3 is 20.7 Å². The minimum atomic E-state index is -0.188. The van der Waals surface area contributed by atoms with Gasteiger partial charge in [0.05, 0.1) is 12.5 Å². The third-order valence-corrected chi connectivity index (χ3v) is 4.75. The van der Waals surface area contributed by atoms with E-state index in [0.717, 1.165) is 12.0 Å². The fourth-order valence-electron chi connectivity index (χ4n) is 3.02. The third-order valence-electron chi connectivity index (χ3n) is 4.75. The number of hydrogen-bond donors (Lipinski definition) is 2. The maximum atomic E-state index is 12.5. The first-order valence-corrected chi connectivity index (χ1v) is 9.14. The Hall–Kier alpha value is -2.12. The molecule has 3 N–H and O–H groups in total. The molecule has 144 valence electrons. The number of piperazine rings is 1. The number of methoxy groups -OCH3 is 1. The lowest BCUT2D eigenvalue weighted by Crippen LogP contribution is -2.55. The summed E-state index contributed by atoms with van der Waals surface area (Å²) in [6.45, 7) is 5.89. The van der Waals surface area contributed by atoms with E-state index in [1.54, 1.807) is 7.11 Å². The van der Waals surface area contributed by atoms with E-state index in [-0.39, 0.29) is 17.9 Å². The van der Waals surface area contributed by atoms with Crippen molar-refractivity contribution in [3.05, 3.63) is 29.8 Å². The lowest BCUT2D eigenvalue weighted by molar-refractivity contribution is -0.133. The SMILES string of the molecule is COCCCNC(=O)C(C)N1CCN(C(=O)Cc2ccc(N)cc2)CC1. The average molecular weight is 362 g/mol. The quantitative estimate of drug-likeness (QED) is 0.519. The number of amides is 2. The van der Waals surface area contributed by atoms with E-state index in [0.29, 0.717) is 51.4 Å². The normalized spacial score (nSPS) is 16.3. The molecule has 1 aromatic rings. The van der Waals surface area contributed by atoms with Gasteiger partial charge in [-0.1, -0.05) is 12.1 Å². The molecule has 1 aromatic carbocycles. The summed E-state index contributed by atoms with van der Waals surface area (Å²) in [4.78, 5) is 28.7. The molecule has 7 heteroatoms. The molecule has 2 amide bonds. The standard InChI is InChI=1S/C19H30N4O3/c1-15(19(25)21-8-3-13-26-2)22-9-11-23(12-10-22)18(24)14-16-4-6-17(20)7-5-16/h4-7,15H,3,8-14,20H2,1-2H3,(H,21,25).